The Kier molecular flexibility index (Phi) is 7.52. The number of nitrogens with zero attached hydrogens (tertiary/aromatic N) is 3. The maximum Gasteiger partial charge on any atom is 0.273 e. The summed E-state index contributed by atoms with van der Waals surface area (Å²) in [5.41, 5.74) is 12.9. The molecular formula is C21H27F2N7OS. The van der Waals surface area contributed by atoms with E-state index in [-0.39, 0.29) is 22.7 Å². The van der Waals surface area contributed by atoms with Crippen molar-refractivity contribution in [3.8, 4) is 10.6 Å². The van der Waals surface area contributed by atoms with E-state index in [0.717, 1.165) is 23.1 Å². The molecule has 2 heterocycles. The summed E-state index contributed by atoms with van der Waals surface area (Å²) in [6.07, 6.45) is 0.607. The van der Waals surface area contributed by atoms with Crippen molar-refractivity contribution < 1.29 is 13.6 Å². The normalized spacial score (nSPS) is 20.5. The highest BCUT2D eigenvalue weighted by Gasteiger charge is 2.29. The smallest absolute Gasteiger partial charge is 0.273 e. The van der Waals surface area contributed by atoms with Gasteiger partial charge in [-0.05, 0) is 31.9 Å². The Balaban J connectivity index is 1.80. The minimum Gasteiger partial charge on any atom is -0.389 e. The second-order valence-corrected chi connectivity index (χ2v) is 8.69. The van der Waals surface area contributed by atoms with E-state index in [2.05, 4.69) is 15.3 Å². The third-order valence-corrected chi connectivity index (χ3v) is 6.29. The number of rotatable bonds is 5. The van der Waals surface area contributed by atoms with Crippen LogP contribution < -0.4 is 16.8 Å². The third-order valence-electron chi connectivity index (χ3n) is 5.38. The lowest BCUT2D eigenvalue weighted by Crippen LogP contribution is -2.50. The number of hydrogen-bond acceptors (Lipinski definition) is 7. The Morgan fingerprint density at radius 1 is 1.44 bits per heavy atom. The van der Waals surface area contributed by atoms with E-state index in [9.17, 15) is 13.6 Å². The number of nitrogen functional groups attached to an aromatic ring is 1. The first-order valence-electron chi connectivity index (χ1n) is 10.2. The van der Waals surface area contributed by atoms with Gasteiger partial charge in [0.15, 0.2) is 5.69 Å². The number of likely N-dealkylation sites (tertiary alicyclic amines) is 1. The number of aryl methyl sites for hydroxylation is 1. The van der Waals surface area contributed by atoms with E-state index in [0.29, 0.717) is 30.4 Å². The fraction of sp³-hybridized carbons (Fsp3) is 0.429. The predicted octanol–water partition coefficient (Wildman–Crippen LogP) is 2.38. The Morgan fingerprint density at radius 3 is 2.84 bits per heavy atom. The average Bonchev–Trinajstić information content (AvgIpc) is 3.08. The monoisotopic (exact) mass is 463 g/mol. The fourth-order valence-electron chi connectivity index (χ4n) is 3.60. The summed E-state index contributed by atoms with van der Waals surface area (Å²) in [6, 6.07) is 3.21. The molecule has 0 spiro atoms. The summed E-state index contributed by atoms with van der Waals surface area (Å²) in [5.74, 6) is -0.643. The van der Waals surface area contributed by atoms with Gasteiger partial charge in [0.05, 0.1) is 0 Å². The lowest BCUT2D eigenvalue weighted by Gasteiger charge is -2.28. The molecule has 1 fully saturated rings. The van der Waals surface area contributed by atoms with E-state index in [1.165, 1.54) is 6.07 Å². The van der Waals surface area contributed by atoms with Crippen molar-refractivity contribution in [1.29, 1.82) is 5.41 Å². The van der Waals surface area contributed by atoms with E-state index >= 15 is 0 Å². The van der Waals surface area contributed by atoms with Crippen molar-refractivity contribution in [3.05, 3.63) is 35.3 Å². The van der Waals surface area contributed by atoms with Crippen LogP contribution in [0, 0.1) is 18.2 Å². The van der Waals surface area contributed by atoms with Crippen molar-refractivity contribution in [2.75, 3.05) is 25.9 Å². The fourth-order valence-corrected chi connectivity index (χ4v) is 4.45. The number of anilines is 1. The zero-order chi connectivity index (χ0) is 23.4. The summed E-state index contributed by atoms with van der Waals surface area (Å²) < 4.78 is 28.2. The molecular weight excluding hydrogens is 436 g/mol. The predicted molar refractivity (Wildman–Crippen MR) is 124 cm³/mol. The molecule has 1 aliphatic heterocycles. The second-order valence-electron chi connectivity index (χ2n) is 7.66. The quantitative estimate of drug-likeness (QED) is 0.399. The van der Waals surface area contributed by atoms with Gasteiger partial charge in [0.25, 0.3) is 5.91 Å². The van der Waals surface area contributed by atoms with Gasteiger partial charge in [-0.2, -0.15) is 0 Å². The Hall–Kier alpha value is -2.92. The van der Waals surface area contributed by atoms with Gasteiger partial charge >= 0.3 is 0 Å². The number of amides is 1. The standard InChI is InChI=1S/C21H27F2N7OS/c1-11-3-4-13(22)12(9-11)21-29-17(18(26)32-21)20(31)28-16(10-24)19(27-2)30-7-5-14(23)15(25)6-8-30/h3-4,9-10,14-16,24H,5-8,25-26H2,1-2H3,(H,28,31). The molecule has 6 N–H and O–H groups in total. The Bertz CT molecular complexity index is 1010. The molecule has 8 nitrogen and oxygen atoms in total. The largest absolute Gasteiger partial charge is 0.389 e. The minimum absolute atomic E-state index is 0.0464. The molecule has 172 valence electrons. The van der Waals surface area contributed by atoms with Gasteiger partial charge in [0.2, 0.25) is 0 Å². The lowest BCUT2D eigenvalue weighted by molar-refractivity contribution is 0.0949. The van der Waals surface area contributed by atoms with E-state index in [1.807, 2.05) is 11.8 Å². The molecule has 1 aromatic carbocycles. The number of hydrogen-bond donors (Lipinski definition) is 4. The molecule has 11 heteroatoms. The second kappa shape index (κ2) is 10.1. The SMILES string of the molecule is CN=C(C(C=N)NC(=O)c1nc(-c2cc(C)ccc2F)sc1N)N1CCC(N)C(F)CC1. The highest BCUT2D eigenvalue weighted by Crippen LogP contribution is 2.32. The van der Waals surface area contributed by atoms with Crippen molar-refractivity contribution in [1.82, 2.24) is 15.2 Å². The van der Waals surface area contributed by atoms with Crippen LogP contribution in [0.2, 0.25) is 0 Å². The number of benzene rings is 1. The van der Waals surface area contributed by atoms with Crippen LogP contribution in [-0.4, -0.2) is 66.2 Å². The van der Waals surface area contributed by atoms with Gasteiger partial charge in [-0.25, -0.2) is 13.8 Å². The molecule has 1 aromatic heterocycles. The van der Waals surface area contributed by atoms with Crippen molar-refractivity contribution in [2.24, 2.45) is 10.7 Å². The number of nitrogens with one attached hydrogen (secondary N) is 2. The third kappa shape index (κ3) is 5.10. The number of carbonyl (C=O) groups excluding carboxylic acids is 1. The van der Waals surface area contributed by atoms with Gasteiger partial charge in [0.1, 0.15) is 33.9 Å². The highest BCUT2D eigenvalue weighted by molar-refractivity contribution is 7.19. The zero-order valence-electron chi connectivity index (χ0n) is 17.9. The topological polar surface area (TPSA) is 133 Å². The molecule has 3 rings (SSSR count). The van der Waals surface area contributed by atoms with E-state index in [4.69, 9.17) is 16.9 Å². The number of aromatic nitrogens is 1. The molecule has 1 saturated heterocycles. The van der Waals surface area contributed by atoms with Crippen LogP contribution in [0.3, 0.4) is 0 Å². The molecule has 1 aliphatic rings. The molecule has 0 radical (unpaired) electrons. The molecule has 2 aromatic rings. The van der Waals surface area contributed by atoms with Crippen molar-refractivity contribution in [3.63, 3.8) is 0 Å². The number of carbonyl (C=O) groups is 1. The maximum atomic E-state index is 14.2. The first kappa shape index (κ1) is 23.7. The molecule has 32 heavy (non-hydrogen) atoms. The van der Waals surface area contributed by atoms with Crippen molar-refractivity contribution >= 4 is 34.3 Å². The Labute approximate surface area is 189 Å². The van der Waals surface area contributed by atoms with Crippen LogP contribution in [0.15, 0.2) is 23.2 Å². The van der Waals surface area contributed by atoms with Gasteiger partial charge in [-0.15, -0.1) is 0 Å². The van der Waals surface area contributed by atoms with Crippen LogP contribution in [0.4, 0.5) is 13.8 Å². The average molecular weight is 464 g/mol. The summed E-state index contributed by atoms with van der Waals surface area (Å²) in [5, 5.41) is 10.9. The van der Waals surface area contributed by atoms with Gasteiger partial charge in [0, 0.05) is 38.0 Å². The van der Waals surface area contributed by atoms with Gasteiger partial charge < -0.3 is 27.1 Å². The number of halogens is 2. The summed E-state index contributed by atoms with van der Waals surface area (Å²) >= 11 is 1.01. The van der Waals surface area contributed by atoms with Crippen LogP contribution in [0.5, 0.6) is 0 Å². The van der Waals surface area contributed by atoms with Crippen LogP contribution in [0.1, 0.15) is 28.9 Å². The first-order valence-corrected chi connectivity index (χ1v) is 11.0. The molecule has 1 amide bonds. The summed E-state index contributed by atoms with van der Waals surface area (Å²) in [6.45, 7) is 2.66. The molecule has 0 saturated carbocycles. The maximum absolute atomic E-state index is 14.2. The van der Waals surface area contributed by atoms with Crippen molar-refractivity contribution in [2.45, 2.75) is 38.0 Å². The summed E-state index contributed by atoms with van der Waals surface area (Å²) in [4.78, 5) is 23.2. The first-order chi connectivity index (χ1) is 15.2. The van der Waals surface area contributed by atoms with Gasteiger partial charge in [-0.1, -0.05) is 23.0 Å². The van der Waals surface area contributed by atoms with Crippen LogP contribution >= 0.6 is 11.3 Å². The number of nitrogens with two attached hydrogens (primary N) is 2. The molecule has 3 atom stereocenters. The van der Waals surface area contributed by atoms with E-state index < -0.39 is 30.0 Å². The highest BCUT2D eigenvalue weighted by atomic mass is 32.1. The molecule has 0 aliphatic carbocycles. The van der Waals surface area contributed by atoms with Crippen LogP contribution in [0.25, 0.3) is 10.6 Å². The lowest BCUT2D eigenvalue weighted by atomic mass is 10.1. The van der Waals surface area contributed by atoms with Gasteiger partial charge in [-0.3, -0.25) is 9.79 Å². The number of alkyl halides is 1. The number of thiazole rings is 1. The minimum atomic E-state index is -1.11. The van der Waals surface area contributed by atoms with Crippen LogP contribution in [-0.2, 0) is 0 Å². The number of aliphatic imine (C=N–C) groups is 1. The molecule has 3 unspecified atom stereocenters. The van der Waals surface area contributed by atoms with E-state index in [1.54, 1.807) is 19.2 Å². The molecule has 0 bridgehead atoms. The summed E-state index contributed by atoms with van der Waals surface area (Å²) in [7, 11) is 1.55. The zero-order valence-corrected chi connectivity index (χ0v) is 18.8. The number of amidine groups is 1. The Morgan fingerprint density at radius 2 is 2.16 bits per heavy atom.